The van der Waals surface area contributed by atoms with Crippen molar-refractivity contribution in [2.75, 3.05) is 0 Å². The van der Waals surface area contributed by atoms with E-state index in [1.54, 1.807) is 11.4 Å². The molecule has 0 saturated carbocycles. The minimum absolute atomic E-state index is 0.257. The van der Waals surface area contributed by atoms with Crippen LogP contribution in [0.25, 0.3) is 0 Å². The molecule has 0 aliphatic heterocycles. The van der Waals surface area contributed by atoms with Crippen molar-refractivity contribution in [2.24, 2.45) is 4.99 Å². The average molecular weight is 335 g/mol. The maximum Gasteiger partial charge on any atom is 0.348 e. The van der Waals surface area contributed by atoms with Gasteiger partial charge in [0.15, 0.2) is 0 Å². The second-order valence-electron chi connectivity index (χ2n) is 5.57. The Morgan fingerprint density at radius 3 is 2.38 bits per heavy atom. The van der Waals surface area contributed by atoms with Crippen LogP contribution < -0.4 is 0 Å². The molecule has 0 saturated heterocycles. The third-order valence-electron chi connectivity index (χ3n) is 3.90. The van der Waals surface area contributed by atoms with Crippen LogP contribution in [0.4, 0.5) is 5.69 Å². The molecule has 0 bridgehead atoms. The second-order valence-corrected chi connectivity index (χ2v) is 6.48. The summed E-state index contributed by atoms with van der Waals surface area (Å²) in [7, 11) is 0. The Balaban J connectivity index is 2.19. The van der Waals surface area contributed by atoms with Crippen molar-refractivity contribution in [3.63, 3.8) is 0 Å². The van der Waals surface area contributed by atoms with Crippen molar-refractivity contribution in [1.82, 2.24) is 0 Å². The number of carboxylic acid groups (broad SMARTS) is 1. The minimum atomic E-state index is -0.948. The molecule has 0 aliphatic rings. The van der Waals surface area contributed by atoms with Crippen molar-refractivity contribution < 1.29 is 9.90 Å². The Morgan fingerprint density at radius 1 is 0.958 bits per heavy atom. The zero-order chi connectivity index (χ0) is 17.1. The van der Waals surface area contributed by atoms with Gasteiger partial charge in [0.25, 0.3) is 0 Å². The average Bonchev–Trinajstić information content (AvgIpc) is 3.05. The normalized spacial score (nSPS) is 11.5. The molecule has 4 heteroatoms. The van der Waals surface area contributed by atoms with Crippen LogP contribution >= 0.6 is 11.3 Å². The van der Waals surface area contributed by atoms with Crippen molar-refractivity contribution in [1.29, 1.82) is 0 Å². The van der Waals surface area contributed by atoms with Crippen LogP contribution in [-0.2, 0) is 0 Å². The SMILES string of the molecule is Cc1ccc(C(=Nc2ccsc2C(=O)O)c2ccccc2)cc1C. The monoisotopic (exact) mass is 335 g/mol. The number of carboxylic acids is 1. The number of hydrogen-bond acceptors (Lipinski definition) is 3. The van der Waals surface area contributed by atoms with Crippen LogP contribution in [0.1, 0.15) is 31.9 Å². The molecule has 3 rings (SSSR count). The lowest BCUT2D eigenvalue weighted by Gasteiger charge is -2.10. The van der Waals surface area contributed by atoms with Crippen molar-refractivity contribution in [2.45, 2.75) is 13.8 Å². The van der Waals surface area contributed by atoms with Gasteiger partial charge in [0.1, 0.15) is 4.88 Å². The second kappa shape index (κ2) is 6.81. The van der Waals surface area contributed by atoms with Crippen LogP contribution in [-0.4, -0.2) is 16.8 Å². The summed E-state index contributed by atoms with van der Waals surface area (Å²) < 4.78 is 0. The quantitative estimate of drug-likeness (QED) is 0.664. The van der Waals surface area contributed by atoms with Gasteiger partial charge in [-0.3, -0.25) is 0 Å². The largest absolute Gasteiger partial charge is 0.477 e. The smallest absolute Gasteiger partial charge is 0.348 e. The third kappa shape index (κ3) is 3.29. The molecule has 0 atom stereocenters. The highest BCUT2D eigenvalue weighted by atomic mass is 32.1. The molecule has 1 N–H and O–H groups in total. The van der Waals surface area contributed by atoms with E-state index >= 15 is 0 Å². The predicted octanol–water partition coefficient (Wildman–Crippen LogP) is 5.23. The molecule has 0 fully saturated rings. The van der Waals surface area contributed by atoms with E-state index in [9.17, 15) is 9.90 Å². The van der Waals surface area contributed by atoms with E-state index in [2.05, 4.69) is 26.0 Å². The molecule has 0 amide bonds. The molecular formula is C20H17NO2S. The van der Waals surface area contributed by atoms with Crippen LogP contribution in [0, 0.1) is 13.8 Å². The van der Waals surface area contributed by atoms with E-state index in [-0.39, 0.29) is 4.88 Å². The summed E-state index contributed by atoms with van der Waals surface area (Å²) >= 11 is 1.19. The Kier molecular flexibility index (Phi) is 4.58. The molecule has 0 aliphatic carbocycles. The van der Waals surface area contributed by atoms with E-state index in [0.29, 0.717) is 5.69 Å². The number of nitrogens with zero attached hydrogens (tertiary/aromatic N) is 1. The molecule has 0 radical (unpaired) electrons. The Hall–Kier alpha value is -2.72. The van der Waals surface area contributed by atoms with Crippen molar-refractivity contribution in [3.8, 4) is 0 Å². The summed E-state index contributed by atoms with van der Waals surface area (Å²) in [5, 5.41) is 11.1. The number of carbonyl (C=O) groups is 1. The van der Waals surface area contributed by atoms with Gasteiger partial charge in [0.05, 0.1) is 11.4 Å². The number of aromatic carboxylic acids is 1. The van der Waals surface area contributed by atoms with Gasteiger partial charge in [-0.25, -0.2) is 9.79 Å². The third-order valence-corrected chi connectivity index (χ3v) is 4.79. The van der Waals surface area contributed by atoms with Crippen molar-refractivity contribution in [3.05, 3.63) is 87.1 Å². The lowest BCUT2D eigenvalue weighted by molar-refractivity contribution is 0.0703. The highest BCUT2D eigenvalue weighted by Crippen LogP contribution is 2.27. The fourth-order valence-corrected chi connectivity index (χ4v) is 3.12. The van der Waals surface area contributed by atoms with Gasteiger partial charge in [-0.05, 0) is 42.5 Å². The highest BCUT2D eigenvalue weighted by molar-refractivity contribution is 7.12. The summed E-state index contributed by atoms with van der Waals surface area (Å²) in [6.07, 6.45) is 0. The maximum absolute atomic E-state index is 11.4. The molecule has 0 spiro atoms. The molecule has 0 unspecified atom stereocenters. The molecule has 24 heavy (non-hydrogen) atoms. The first-order chi connectivity index (χ1) is 11.6. The summed E-state index contributed by atoms with van der Waals surface area (Å²) in [6, 6.07) is 17.8. The lowest BCUT2D eigenvalue weighted by Crippen LogP contribution is -2.04. The zero-order valence-electron chi connectivity index (χ0n) is 13.5. The number of aliphatic imine (C=N–C) groups is 1. The number of benzene rings is 2. The molecule has 3 aromatic rings. The van der Waals surface area contributed by atoms with Crippen LogP contribution in [0.3, 0.4) is 0 Å². The summed E-state index contributed by atoms with van der Waals surface area (Å²) in [5.74, 6) is -0.948. The summed E-state index contributed by atoms with van der Waals surface area (Å²) in [6.45, 7) is 4.13. The van der Waals surface area contributed by atoms with Gasteiger partial charge < -0.3 is 5.11 Å². The number of aryl methyl sites for hydroxylation is 2. The van der Waals surface area contributed by atoms with Gasteiger partial charge in [0.2, 0.25) is 0 Å². The van der Waals surface area contributed by atoms with Crippen LogP contribution in [0.5, 0.6) is 0 Å². The topological polar surface area (TPSA) is 49.7 Å². The van der Waals surface area contributed by atoms with Gasteiger partial charge in [-0.1, -0.05) is 42.5 Å². The molecule has 1 heterocycles. The summed E-state index contributed by atoms with van der Waals surface area (Å²) in [4.78, 5) is 16.3. The molecular weight excluding hydrogens is 318 g/mol. The number of rotatable bonds is 4. The number of hydrogen-bond donors (Lipinski definition) is 1. The first-order valence-corrected chi connectivity index (χ1v) is 8.47. The standard InChI is InChI=1S/C20H17NO2S/c1-13-8-9-16(12-14(13)2)18(15-6-4-3-5-7-15)21-17-10-11-24-19(17)20(22)23/h3-12H,1-2H3,(H,22,23). The van der Waals surface area contributed by atoms with Crippen molar-refractivity contribution >= 4 is 28.7 Å². The van der Waals surface area contributed by atoms with Crippen LogP contribution in [0.15, 0.2) is 65.0 Å². The lowest BCUT2D eigenvalue weighted by atomic mass is 9.98. The van der Waals surface area contributed by atoms with Gasteiger partial charge >= 0.3 is 5.97 Å². The first-order valence-electron chi connectivity index (χ1n) is 7.59. The Morgan fingerprint density at radius 2 is 1.71 bits per heavy atom. The number of thiophene rings is 1. The van der Waals surface area contributed by atoms with E-state index in [0.717, 1.165) is 16.8 Å². The zero-order valence-corrected chi connectivity index (χ0v) is 14.3. The van der Waals surface area contributed by atoms with E-state index in [1.807, 2.05) is 36.4 Å². The van der Waals surface area contributed by atoms with Gasteiger partial charge in [-0.2, -0.15) is 0 Å². The maximum atomic E-state index is 11.4. The van der Waals surface area contributed by atoms with E-state index in [1.165, 1.54) is 22.5 Å². The summed E-state index contributed by atoms with van der Waals surface area (Å²) in [5.41, 5.74) is 5.60. The van der Waals surface area contributed by atoms with E-state index < -0.39 is 5.97 Å². The molecule has 3 nitrogen and oxygen atoms in total. The molecule has 2 aromatic carbocycles. The van der Waals surface area contributed by atoms with Gasteiger partial charge in [-0.15, -0.1) is 11.3 Å². The Labute approximate surface area is 144 Å². The fraction of sp³-hybridized carbons (Fsp3) is 0.100. The first kappa shape index (κ1) is 16.1. The van der Waals surface area contributed by atoms with Gasteiger partial charge in [0, 0.05) is 11.1 Å². The van der Waals surface area contributed by atoms with E-state index in [4.69, 9.17) is 4.99 Å². The highest BCUT2D eigenvalue weighted by Gasteiger charge is 2.14. The molecule has 1 aromatic heterocycles. The Bertz CT molecular complexity index is 910. The predicted molar refractivity (Wildman–Crippen MR) is 98.9 cm³/mol. The van der Waals surface area contributed by atoms with Crippen LogP contribution in [0.2, 0.25) is 0 Å². The minimum Gasteiger partial charge on any atom is -0.477 e. The molecule has 120 valence electrons. The fourth-order valence-electron chi connectivity index (χ4n) is 2.45.